The average Bonchev–Trinajstić information content (AvgIpc) is 3.97. The Morgan fingerprint density at radius 2 is 1.02 bits per heavy atom. The minimum absolute atomic E-state index is 0.0167. The molecule has 0 fully saturated rings. The van der Waals surface area contributed by atoms with Crippen LogP contribution in [0.2, 0.25) is 0 Å². The fraction of sp³-hybridized carbons (Fsp3) is 0.143. The third-order valence-electron chi connectivity index (χ3n) is 7.72. The number of nitrogens with one attached hydrogen (secondary N) is 12. The van der Waals surface area contributed by atoms with E-state index < -0.39 is 29.5 Å². The molecule has 6 amide bonds. The molecule has 16 N–H and O–H groups in total. The van der Waals surface area contributed by atoms with Crippen LogP contribution in [0.1, 0.15) is 70.5 Å². The van der Waals surface area contributed by atoms with Gasteiger partial charge in [0, 0.05) is 56.3 Å². The maximum atomic E-state index is 12.9. The quantitative estimate of drug-likeness (QED) is 0.0491. The molecule has 0 aliphatic carbocycles. The van der Waals surface area contributed by atoms with Crippen molar-refractivity contribution in [3.63, 3.8) is 0 Å². The van der Waals surface area contributed by atoms with Crippen LogP contribution in [0, 0.1) is 10.8 Å². The third-order valence-corrected chi connectivity index (χ3v) is 7.72. The van der Waals surface area contributed by atoms with Crippen molar-refractivity contribution in [1.82, 2.24) is 30.6 Å². The molecule has 0 radical (unpaired) electrons. The van der Waals surface area contributed by atoms with Crippen molar-refractivity contribution in [1.29, 1.82) is 10.8 Å². The summed E-state index contributed by atoms with van der Waals surface area (Å²) in [5, 5.41) is 30.3. The fourth-order valence-electron chi connectivity index (χ4n) is 4.96. The highest BCUT2D eigenvalue weighted by atomic mass is 16.2. The predicted molar refractivity (Wildman–Crippen MR) is 204 cm³/mol. The number of H-pyrrole nitrogens is 4. The lowest BCUT2D eigenvalue weighted by Gasteiger charge is -2.06. The van der Waals surface area contributed by atoms with E-state index >= 15 is 0 Å². The van der Waals surface area contributed by atoms with Gasteiger partial charge in [-0.3, -0.25) is 39.6 Å². The molecule has 284 valence electrons. The van der Waals surface area contributed by atoms with Crippen LogP contribution in [0.5, 0.6) is 0 Å². The molecular weight excluding hydrogens is 712 g/mol. The zero-order valence-electron chi connectivity index (χ0n) is 29.1. The van der Waals surface area contributed by atoms with E-state index in [2.05, 4.69) is 51.8 Å². The Kier molecular flexibility index (Phi) is 12.2. The molecule has 4 aromatic heterocycles. The number of amidine groups is 2. The summed E-state index contributed by atoms with van der Waals surface area (Å²) in [7, 11) is 0. The topological polar surface area (TPSA) is 337 Å². The normalized spacial score (nSPS) is 10.5. The van der Waals surface area contributed by atoms with Gasteiger partial charge in [-0.25, -0.2) is 0 Å². The van der Waals surface area contributed by atoms with Crippen LogP contribution in [0.3, 0.4) is 0 Å². The van der Waals surface area contributed by atoms with Gasteiger partial charge in [-0.05, 0) is 42.0 Å². The van der Waals surface area contributed by atoms with Gasteiger partial charge >= 0.3 is 0 Å². The van der Waals surface area contributed by atoms with Crippen LogP contribution < -0.4 is 43.4 Å². The SMILES string of the molecule is N=C(N)CCNC(=O)c1c[nH]c(NC(=O)c2c[nH]c(NC(=O)c3ccc(CC(=O)Nc4c[nH]c(C(=O)Nc5c[nH]c(C(=O)NCCC(=N)N)c5)c4)cc3)c2)c1. The first-order valence-electron chi connectivity index (χ1n) is 16.6. The highest BCUT2D eigenvalue weighted by Gasteiger charge is 2.16. The lowest BCUT2D eigenvalue weighted by molar-refractivity contribution is -0.115. The number of amides is 6. The maximum Gasteiger partial charge on any atom is 0.272 e. The monoisotopic (exact) mass is 750 g/mol. The number of hydrogen-bond donors (Lipinski definition) is 14. The Bertz CT molecular complexity index is 2240. The largest absolute Gasteiger partial charge is 0.388 e. The van der Waals surface area contributed by atoms with Crippen LogP contribution in [0.4, 0.5) is 23.0 Å². The number of rotatable bonds is 17. The smallest absolute Gasteiger partial charge is 0.272 e. The number of anilines is 4. The first kappa shape index (κ1) is 38.3. The number of hydrogen-bond acceptors (Lipinski definition) is 8. The molecule has 0 atom stereocenters. The van der Waals surface area contributed by atoms with E-state index in [1.54, 1.807) is 24.3 Å². The standard InChI is InChI=1S/C35H38N14O6/c36-26(37)5-7-40-31(51)20-10-28(44-14-20)49-33(53)21-11-29(45-15-21)48-32(52)19-3-1-18(2-4-19)9-30(50)46-22-12-25(43-16-22)35(55)47-23-13-24(42-17-23)34(54)41-8-6-27(38)39/h1-4,10-17,42-45H,5-9H2,(H3,36,37)(H3,38,39)(H,40,51)(H,41,54)(H,46,50)(H,47,55)(H,48,52)(H,49,53). The summed E-state index contributed by atoms with van der Waals surface area (Å²) in [6.07, 6.45) is 6.15. The van der Waals surface area contributed by atoms with E-state index in [1.165, 1.54) is 49.1 Å². The molecule has 5 rings (SSSR count). The van der Waals surface area contributed by atoms with Gasteiger partial charge in [0.15, 0.2) is 0 Å². The Morgan fingerprint density at radius 1 is 0.527 bits per heavy atom. The van der Waals surface area contributed by atoms with E-state index in [1.807, 2.05) is 0 Å². The highest BCUT2D eigenvalue weighted by molar-refractivity contribution is 6.08. The van der Waals surface area contributed by atoms with Crippen LogP contribution >= 0.6 is 0 Å². The Hall–Kier alpha value is -7.90. The molecule has 0 bridgehead atoms. The maximum absolute atomic E-state index is 12.9. The van der Waals surface area contributed by atoms with Gasteiger partial charge in [-0.1, -0.05) is 12.1 Å². The molecule has 0 spiro atoms. The summed E-state index contributed by atoms with van der Waals surface area (Å²) in [6.45, 7) is 0.404. The molecule has 55 heavy (non-hydrogen) atoms. The molecule has 0 aliphatic heterocycles. The van der Waals surface area contributed by atoms with Gasteiger partial charge in [0.1, 0.15) is 23.0 Å². The molecule has 0 unspecified atom stereocenters. The zero-order chi connectivity index (χ0) is 39.5. The fourth-order valence-corrected chi connectivity index (χ4v) is 4.96. The second kappa shape index (κ2) is 17.5. The summed E-state index contributed by atoms with van der Waals surface area (Å²) >= 11 is 0. The van der Waals surface area contributed by atoms with E-state index in [-0.39, 0.29) is 84.1 Å². The summed E-state index contributed by atoms with van der Waals surface area (Å²) in [6, 6.07) is 12.2. The number of carbonyl (C=O) groups is 6. The summed E-state index contributed by atoms with van der Waals surface area (Å²) in [5.41, 5.74) is 13.1. The predicted octanol–water partition coefficient (Wildman–Crippen LogP) is 2.05. The van der Waals surface area contributed by atoms with Crippen molar-refractivity contribution in [2.45, 2.75) is 19.3 Å². The van der Waals surface area contributed by atoms with Crippen LogP contribution in [-0.4, -0.2) is 80.1 Å². The Balaban J connectivity index is 1.05. The minimum Gasteiger partial charge on any atom is -0.388 e. The van der Waals surface area contributed by atoms with Gasteiger partial charge in [0.2, 0.25) is 5.91 Å². The van der Waals surface area contributed by atoms with Gasteiger partial charge in [-0.2, -0.15) is 0 Å². The van der Waals surface area contributed by atoms with Gasteiger partial charge in [0.25, 0.3) is 29.5 Å². The van der Waals surface area contributed by atoms with E-state index in [0.29, 0.717) is 22.5 Å². The van der Waals surface area contributed by atoms with Gasteiger partial charge in [-0.15, -0.1) is 0 Å². The summed E-state index contributed by atoms with van der Waals surface area (Å²) in [4.78, 5) is 86.6. The molecule has 0 saturated carbocycles. The van der Waals surface area contributed by atoms with Crippen LogP contribution in [0.25, 0.3) is 0 Å². The number of carbonyl (C=O) groups excluding carboxylic acids is 6. The average molecular weight is 751 g/mol. The van der Waals surface area contributed by atoms with Gasteiger partial charge in [0.05, 0.1) is 40.6 Å². The van der Waals surface area contributed by atoms with E-state index in [0.717, 1.165) is 0 Å². The molecule has 0 aliphatic rings. The molecule has 5 aromatic rings. The molecule has 4 heterocycles. The molecule has 20 heteroatoms. The Labute approximate surface area is 312 Å². The van der Waals surface area contributed by atoms with Crippen molar-refractivity contribution in [2.75, 3.05) is 34.4 Å². The number of nitrogens with two attached hydrogens (primary N) is 2. The lowest BCUT2D eigenvalue weighted by atomic mass is 10.1. The van der Waals surface area contributed by atoms with Crippen molar-refractivity contribution >= 4 is 70.1 Å². The van der Waals surface area contributed by atoms with Crippen LogP contribution in [-0.2, 0) is 11.2 Å². The minimum atomic E-state index is -0.507. The van der Waals surface area contributed by atoms with Crippen molar-refractivity contribution in [3.8, 4) is 0 Å². The third kappa shape index (κ3) is 11.0. The molecule has 20 nitrogen and oxygen atoms in total. The second-order valence-electron chi connectivity index (χ2n) is 12.1. The van der Waals surface area contributed by atoms with Crippen molar-refractivity contribution in [3.05, 3.63) is 107 Å². The lowest BCUT2D eigenvalue weighted by Crippen LogP contribution is -2.27. The Morgan fingerprint density at radius 3 is 1.58 bits per heavy atom. The molecular formula is C35H38N14O6. The number of benzene rings is 1. The zero-order valence-corrected chi connectivity index (χ0v) is 29.1. The molecule has 0 saturated heterocycles. The van der Waals surface area contributed by atoms with E-state index in [9.17, 15) is 28.8 Å². The van der Waals surface area contributed by atoms with Crippen LogP contribution in [0.15, 0.2) is 73.3 Å². The van der Waals surface area contributed by atoms with Crippen molar-refractivity contribution < 1.29 is 28.8 Å². The van der Waals surface area contributed by atoms with Gasteiger partial charge < -0.3 is 63.3 Å². The first-order chi connectivity index (χ1) is 26.3. The van der Waals surface area contributed by atoms with E-state index in [4.69, 9.17) is 22.3 Å². The molecule has 1 aromatic carbocycles. The summed E-state index contributed by atoms with van der Waals surface area (Å²) in [5.74, 6) is -2.20. The van der Waals surface area contributed by atoms with Crippen molar-refractivity contribution in [2.24, 2.45) is 11.5 Å². The highest BCUT2D eigenvalue weighted by Crippen LogP contribution is 2.17. The number of aromatic nitrogens is 4. The number of aromatic amines is 4. The summed E-state index contributed by atoms with van der Waals surface area (Å²) < 4.78 is 0. The second-order valence-corrected chi connectivity index (χ2v) is 12.1. The first-order valence-corrected chi connectivity index (χ1v) is 16.6.